The number of carbonyl (C=O) groups is 1. The van der Waals surface area contributed by atoms with Gasteiger partial charge in [-0.3, -0.25) is 0 Å². The summed E-state index contributed by atoms with van der Waals surface area (Å²) in [5, 5.41) is 19.2. The fraction of sp³-hybridized carbons (Fsp3) is 0.133. The monoisotopic (exact) mass is 308 g/mol. The van der Waals surface area contributed by atoms with Gasteiger partial charge in [0.15, 0.2) is 11.5 Å². The van der Waals surface area contributed by atoms with E-state index < -0.39 is 18.0 Å². The van der Waals surface area contributed by atoms with E-state index in [4.69, 9.17) is 26.2 Å². The van der Waals surface area contributed by atoms with Crippen LogP contribution < -0.4 is 9.47 Å². The summed E-state index contributed by atoms with van der Waals surface area (Å²) in [7, 11) is 0. The molecule has 2 aromatic carbocycles. The summed E-state index contributed by atoms with van der Waals surface area (Å²) >= 11 is 5.96. The zero-order chi connectivity index (χ0) is 15.4. The van der Waals surface area contributed by atoms with Gasteiger partial charge < -0.3 is 19.7 Å². The highest BCUT2D eigenvalue weighted by molar-refractivity contribution is 6.32. The third-order valence-corrected chi connectivity index (χ3v) is 2.96. The Hall–Kier alpha value is -2.40. The summed E-state index contributed by atoms with van der Waals surface area (Å²) in [4.78, 5) is 10.9. The molecule has 0 aliphatic heterocycles. The van der Waals surface area contributed by atoms with Gasteiger partial charge in [0.2, 0.25) is 6.29 Å². The molecule has 2 rings (SSSR count). The fourth-order valence-electron chi connectivity index (χ4n) is 1.71. The van der Waals surface area contributed by atoms with Crippen LogP contribution >= 0.6 is 11.6 Å². The number of halogens is 1. The normalized spacial score (nSPS) is 11.7. The molecule has 6 heteroatoms. The van der Waals surface area contributed by atoms with E-state index in [0.29, 0.717) is 10.8 Å². The zero-order valence-electron chi connectivity index (χ0n) is 11.1. The molecule has 0 fully saturated rings. The van der Waals surface area contributed by atoms with Crippen molar-refractivity contribution in [1.29, 1.82) is 0 Å². The van der Waals surface area contributed by atoms with Gasteiger partial charge in [0.05, 0.1) is 5.02 Å². The number of phenols is 1. The zero-order valence-corrected chi connectivity index (χ0v) is 11.9. The fourth-order valence-corrected chi connectivity index (χ4v) is 1.89. The second-order valence-corrected chi connectivity index (χ2v) is 4.60. The second-order valence-electron chi connectivity index (χ2n) is 4.19. The molecule has 0 bridgehead atoms. The number of carboxylic acids is 1. The standard InChI is InChI=1S/C15H13ClO5/c1-9(20-12-7-3-2-6-11(12)16)21-13-8-4-5-10(14(13)17)15(18)19/h2-9,17H,1H3,(H,18,19). The van der Waals surface area contributed by atoms with Crippen LogP contribution in [0.5, 0.6) is 17.2 Å². The molecule has 0 amide bonds. The van der Waals surface area contributed by atoms with Crippen molar-refractivity contribution in [1.82, 2.24) is 0 Å². The van der Waals surface area contributed by atoms with Gasteiger partial charge in [-0.1, -0.05) is 29.8 Å². The second kappa shape index (κ2) is 6.37. The topological polar surface area (TPSA) is 76.0 Å². The Morgan fingerprint density at radius 1 is 1.10 bits per heavy atom. The highest BCUT2D eigenvalue weighted by atomic mass is 35.5. The minimum absolute atomic E-state index is 0.0226. The van der Waals surface area contributed by atoms with Crippen molar-refractivity contribution >= 4 is 17.6 Å². The first-order valence-electron chi connectivity index (χ1n) is 6.12. The van der Waals surface area contributed by atoms with E-state index in [1.54, 1.807) is 31.2 Å². The van der Waals surface area contributed by atoms with Crippen molar-refractivity contribution in [3.05, 3.63) is 53.1 Å². The molecule has 110 valence electrons. The summed E-state index contributed by atoms with van der Waals surface area (Å²) in [6.07, 6.45) is -0.764. The van der Waals surface area contributed by atoms with Gasteiger partial charge in [0.25, 0.3) is 0 Å². The summed E-state index contributed by atoms with van der Waals surface area (Å²) in [5.74, 6) is -1.23. The van der Waals surface area contributed by atoms with E-state index in [1.165, 1.54) is 18.2 Å². The van der Waals surface area contributed by atoms with Gasteiger partial charge >= 0.3 is 5.97 Å². The lowest BCUT2D eigenvalue weighted by molar-refractivity contribution is 0.0201. The molecule has 2 N–H and O–H groups in total. The first-order chi connectivity index (χ1) is 9.99. The highest BCUT2D eigenvalue weighted by Crippen LogP contribution is 2.31. The predicted octanol–water partition coefficient (Wildman–Crippen LogP) is 3.55. The molecule has 0 aliphatic carbocycles. The quantitative estimate of drug-likeness (QED) is 0.826. The molecule has 5 nitrogen and oxygen atoms in total. The van der Waals surface area contributed by atoms with Gasteiger partial charge in [0.1, 0.15) is 11.3 Å². The van der Waals surface area contributed by atoms with E-state index >= 15 is 0 Å². The molecule has 0 heterocycles. The van der Waals surface area contributed by atoms with Crippen molar-refractivity contribution in [2.75, 3.05) is 0 Å². The van der Waals surface area contributed by atoms with Crippen molar-refractivity contribution in [2.24, 2.45) is 0 Å². The number of benzene rings is 2. The van der Waals surface area contributed by atoms with Crippen molar-refractivity contribution < 1.29 is 24.5 Å². The molecule has 21 heavy (non-hydrogen) atoms. The number of hydrogen-bond donors (Lipinski definition) is 2. The lowest BCUT2D eigenvalue weighted by atomic mass is 10.2. The van der Waals surface area contributed by atoms with E-state index in [-0.39, 0.29) is 11.3 Å². The maximum atomic E-state index is 10.9. The molecule has 0 spiro atoms. The van der Waals surface area contributed by atoms with Crippen LogP contribution in [0.4, 0.5) is 0 Å². The average molecular weight is 309 g/mol. The van der Waals surface area contributed by atoms with Crippen molar-refractivity contribution in [2.45, 2.75) is 13.2 Å². The lowest BCUT2D eigenvalue weighted by Crippen LogP contribution is -2.20. The van der Waals surface area contributed by atoms with Crippen molar-refractivity contribution in [3.8, 4) is 17.2 Å². The maximum Gasteiger partial charge on any atom is 0.339 e. The molecule has 0 radical (unpaired) electrons. The number of aromatic carboxylic acids is 1. The molecule has 0 aromatic heterocycles. The van der Waals surface area contributed by atoms with Crippen LogP contribution in [0.25, 0.3) is 0 Å². The van der Waals surface area contributed by atoms with Crippen LogP contribution in [-0.4, -0.2) is 22.5 Å². The number of hydrogen-bond acceptors (Lipinski definition) is 4. The molecule has 2 aromatic rings. The van der Waals surface area contributed by atoms with E-state index in [9.17, 15) is 9.90 Å². The van der Waals surface area contributed by atoms with Gasteiger partial charge in [-0.2, -0.15) is 0 Å². The van der Waals surface area contributed by atoms with E-state index in [1.807, 2.05) is 0 Å². The maximum absolute atomic E-state index is 10.9. The van der Waals surface area contributed by atoms with Crippen LogP contribution in [0.15, 0.2) is 42.5 Å². The summed E-state index contributed by atoms with van der Waals surface area (Å²) in [6, 6.07) is 11.1. The summed E-state index contributed by atoms with van der Waals surface area (Å²) in [5.41, 5.74) is -0.238. The molecule has 1 unspecified atom stereocenters. The van der Waals surface area contributed by atoms with Gasteiger partial charge in [-0.15, -0.1) is 0 Å². The largest absolute Gasteiger partial charge is 0.504 e. The van der Waals surface area contributed by atoms with Crippen LogP contribution in [-0.2, 0) is 0 Å². The molecular weight excluding hydrogens is 296 g/mol. The Kier molecular flexibility index (Phi) is 4.55. The molecule has 1 atom stereocenters. The van der Waals surface area contributed by atoms with Gasteiger partial charge in [-0.05, 0) is 24.3 Å². The van der Waals surface area contributed by atoms with E-state index in [0.717, 1.165) is 0 Å². The Labute approximate surface area is 126 Å². The highest BCUT2D eigenvalue weighted by Gasteiger charge is 2.16. The SMILES string of the molecule is CC(Oc1ccccc1Cl)Oc1cccc(C(=O)O)c1O. The van der Waals surface area contributed by atoms with Gasteiger partial charge in [-0.25, -0.2) is 4.79 Å². The summed E-state index contributed by atoms with van der Waals surface area (Å²) < 4.78 is 10.9. The summed E-state index contributed by atoms with van der Waals surface area (Å²) in [6.45, 7) is 1.61. The van der Waals surface area contributed by atoms with Crippen LogP contribution in [0.2, 0.25) is 5.02 Å². The minimum Gasteiger partial charge on any atom is -0.504 e. The van der Waals surface area contributed by atoms with Crippen LogP contribution in [0.1, 0.15) is 17.3 Å². The third-order valence-electron chi connectivity index (χ3n) is 2.65. The van der Waals surface area contributed by atoms with Crippen molar-refractivity contribution in [3.63, 3.8) is 0 Å². The molecule has 0 saturated carbocycles. The Morgan fingerprint density at radius 2 is 1.71 bits per heavy atom. The van der Waals surface area contributed by atoms with Crippen LogP contribution in [0, 0.1) is 0 Å². The number of para-hydroxylation sites is 2. The predicted molar refractivity (Wildman–Crippen MR) is 77.2 cm³/mol. The van der Waals surface area contributed by atoms with Gasteiger partial charge in [0, 0.05) is 6.92 Å². The third kappa shape index (κ3) is 3.58. The number of rotatable bonds is 5. The number of carboxylic acid groups (broad SMARTS) is 1. The number of ether oxygens (including phenoxy) is 2. The Balaban J connectivity index is 2.13. The number of aromatic hydroxyl groups is 1. The molecule has 0 saturated heterocycles. The van der Waals surface area contributed by atoms with E-state index in [2.05, 4.69) is 0 Å². The first-order valence-corrected chi connectivity index (χ1v) is 6.50. The molecular formula is C15H13ClO5. The Morgan fingerprint density at radius 3 is 2.38 bits per heavy atom. The smallest absolute Gasteiger partial charge is 0.339 e. The molecule has 0 aliphatic rings. The minimum atomic E-state index is -1.24. The average Bonchev–Trinajstić information content (AvgIpc) is 2.43. The first kappa shape index (κ1) is 15.0. The lowest BCUT2D eigenvalue weighted by Gasteiger charge is -2.18. The van der Waals surface area contributed by atoms with Crippen LogP contribution in [0.3, 0.4) is 0 Å². The Bertz CT molecular complexity index is 656.